The molecule has 3 fully saturated rings. The number of carbonyl (C=O) groups excluding carboxylic acids is 4. The number of nitrogens with zero attached hydrogens (tertiary/aromatic N) is 3. The zero-order valence-corrected chi connectivity index (χ0v) is 19.9. The van der Waals surface area contributed by atoms with Crippen molar-refractivity contribution >= 4 is 41.4 Å². The van der Waals surface area contributed by atoms with Crippen LogP contribution in [0.15, 0.2) is 30.3 Å². The Bertz CT molecular complexity index is 1030. The molecule has 0 spiro atoms. The maximum Gasteiger partial charge on any atom is 0.327 e. The van der Waals surface area contributed by atoms with Crippen LogP contribution in [-0.4, -0.2) is 91.4 Å². The van der Waals surface area contributed by atoms with E-state index in [-0.39, 0.29) is 6.54 Å². The molecule has 0 aliphatic carbocycles. The number of hydrogen-bond acceptors (Lipinski definition) is 7. The average molecular weight is 490 g/mol. The van der Waals surface area contributed by atoms with E-state index in [1.165, 1.54) is 21.6 Å². The van der Waals surface area contributed by atoms with Gasteiger partial charge in [-0.2, -0.15) is 0 Å². The second-order valence-electron chi connectivity index (χ2n) is 8.90. The first-order valence-electron chi connectivity index (χ1n) is 11.0. The van der Waals surface area contributed by atoms with E-state index in [9.17, 15) is 29.1 Å². The van der Waals surface area contributed by atoms with E-state index in [0.717, 1.165) is 5.01 Å². The summed E-state index contributed by atoms with van der Waals surface area (Å²) in [6.07, 6.45) is 0. The molecule has 3 aliphatic rings. The lowest BCUT2D eigenvalue weighted by Gasteiger charge is -2.44. The number of thioether (sulfide) groups is 1. The number of rotatable bonds is 7. The molecule has 0 aromatic heterocycles. The van der Waals surface area contributed by atoms with E-state index in [1.54, 1.807) is 51.1 Å². The number of benzene rings is 1. The Kier molecular flexibility index (Phi) is 6.30. The van der Waals surface area contributed by atoms with Gasteiger partial charge in [0.2, 0.25) is 11.8 Å². The Morgan fingerprint density at radius 3 is 2.44 bits per heavy atom. The highest BCUT2D eigenvalue weighted by atomic mass is 32.2. The lowest BCUT2D eigenvalue weighted by Crippen LogP contribution is -2.71. The number of hydrogen-bond donors (Lipinski definition) is 3. The molecule has 0 saturated carbocycles. The number of nitrogens with one attached hydrogen (secondary N) is 2. The number of likely N-dealkylation sites (N-methyl/N-ethyl adjacent to an activating group) is 1. The summed E-state index contributed by atoms with van der Waals surface area (Å²) in [6.45, 7) is 6.25. The molecule has 4 amide bonds. The second-order valence-corrected chi connectivity index (χ2v) is 10.7. The first-order valence-corrected chi connectivity index (χ1v) is 11.9. The van der Waals surface area contributed by atoms with Gasteiger partial charge < -0.3 is 20.2 Å². The van der Waals surface area contributed by atoms with Crippen molar-refractivity contribution in [3.05, 3.63) is 35.9 Å². The summed E-state index contributed by atoms with van der Waals surface area (Å²) in [4.78, 5) is 65.4. The van der Waals surface area contributed by atoms with Crippen molar-refractivity contribution < 1.29 is 29.1 Å². The van der Waals surface area contributed by atoms with Crippen LogP contribution in [0.3, 0.4) is 0 Å². The SMILES string of the molecule is CCN1CCN(N[C@@H](C(=O)N[C@@H]2C(=O)N3[C@@H]2SC(C)(C)[C@@H]3C(=O)O)c2ccccc2)C(=O)C1=O. The van der Waals surface area contributed by atoms with E-state index in [2.05, 4.69) is 10.7 Å². The minimum absolute atomic E-state index is 0.206. The highest BCUT2D eigenvalue weighted by molar-refractivity contribution is 8.01. The van der Waals surface area contributed by atoms with E-state index in [0.29, 0.717) is 18.7 Å². The molecule has 12 heteroatoms. The molecule has 3 N–H and O–H groups in total. The standard InChI is InChI=1S/C22H27N5O6S/c1-4-25-10-11-26(19(31)18(25)30)24-13(12-8-6-5-7-9-12)16(28)23-14-17(29)27-15(21(32)33)22(2,3)34-20(14)27/h5-9,13-15,20,24H,4,10-11H2,1-3H3,(H,23,28)(H,32,33)/t13-,14-,15+,20-/m1/s1. The molecule has 11 nitrogen and oxygen atoms in total. The van der Waals surface area contributed by atoms with Gasteiger partial charge in [-0.3, -0.25) is 24.2 Å². The Labute approximate surface area is 200 Å². The van der Waals surface area contributed by atoms with Crippen molar-refractivity contribution in [2.24, 2.45) is 0 Å². The van der Waals surface area contributed by atoms with Crippen LogP contribution >= 0.6 is 11.8 Å². The van der Waals surface area contributed by atoms with Crippen LogP contribution in [0.5, 0.6) is 0 Å². The monoisotopic (exact) mass is 489 g/mol. The van der Waals surface area contributed by atoms with Crippen LogP contribution in [-0.2, 0) is 24.0 Å². The van der Waals surface area contributed by atoms with Gasteiger partial charge in [-0.05, 0) is 26.3 Å². The predicted molar refractivity (Wildman–Crippen MR) is 122 cm³/mol. The van der Waals surface area contributed by atoms with Crippen LogP contribution in [0, 0.1) is 0 Å². The van der Waals surface area contributed by atoms with Crippen LogP contribution in [0.2, 0.25) is 0 Å². The van der Waals surface area contributed by atoms with E-state index in [1.807, 2.05) is 0 Å². The summed E-state index contributed by atoms with van der Waals surface area (Å²) >= 11 is 1.33. The number of amides is 4. The number of carbonyl (C=O) groups is 5. The van der Waals surface area contributed by atoms with Crippen molar-refractivity contribution in [3.8, 4) is 0 Å². The summed E-state index contributed by atoms with van der Waals surface area (Å²) in [5, 5.41) is 12.9. The molecular weight excluding hydrogens is 462 g/mol. The highest BCUT2D eigenvalue weighted by Gasteiger charge is 2.64. The molecule has 0 bridgehead atoms. The van der Waals surface area contributed by atoms with Crippen molar-refractivity contribution in [3.63, 3.8) is 0 Å². The van der Waals surface area contributed by atoms with Gasteiger partial charge in [0.05, 0.1) is 6.54 Å². The molecule has 4 atom stereocenters. The minimum Gasteiger partial charge on any atom is -0.480 e. The van der Waals surface area contributed by atoms with Crippen molar-refractivity contribution in [2.45, 2.75) is 49.0 Å². The number of hydrazine groups is 1. The molecule has 1 aromatic rings. The fourth-order valence-electron chi connectivity index (χ4n) is 4.57. The van der Waals surface area contributed by atoms with Gasteiger partial charge in [-0.1, -0.05) is 30.3 Å². The van der Waals surface area contributed by atoms with Gasteiger partial charge in [0.15, 0.2) is 0 Å². The van der Waals surface area contributed by atoms with Gasteiger partial charge >= 0.3 is 17.8 Å². The molecular formula is C22H27N5O6S. The Morgan fingerprint density at radius 1 is 1.15 bits per heavy atom. The maximum atomic E-state index is 13.3. The molecule has 1 aromatic carbocycles. The molecule has 34 heavy (non-hydrogen) atoms. The minimum atomic E-state index is -1.09. The predicted octanol–water partition coefficient (Wildman–Crippen LogP) is -0.445. The lowest BCUT2D eigenvalue weighted by molar-refractivity contribution is -0.162. The normalized spacial score (nSPS) is 26.7. The molecule has 182 valence electrons. The largest absolute Gasteiger partial charge is 0.480 e. The first kappa shape index (κ1) is 24.0. The molecule has 3 saturated heterocycles. The van der Waals surface area contributed by atoms with Crippen LogP contribution in [0.1, 0.15) is 32.4 Å². The van der Waals surface area contributed by atoms with E-state index in [4.69, 9.17) is 0 Å². The fraction of sp³-hybridized carbons (Fsp3) is 0.500. The average Bonchev–Trinajstić information content (AvgIpc) is 3.06. The summed E-state index contributed by atoms with van der Waals surface area (Å²) in [7, 11) is 0. The number of piperazine rings is 1. The van der Waals surface area contributed by atoms with Crippen LogP contribution in [0.25, 0.3) is 0 Å². The molecule has 0 radical (unpaired) electrons. The third kappa shape index (κ3) is 4.00. The smallest absolute Gasteiger partial charge is 0.327 e. The first-order chi connectivity index (χ1) is 16.1. The summed E-state index contributed by atoms with van der Waals surface area (Å²) in [5.41, 5.74) is 3.41. The van der Waals surface area contributed by atoms with Gasteiger partial charge in [-0.25, -0.2) is 10.2 Å². The third-order valence-corrected chi connectivity index (χ3v) is 7.91. The molecule has 4 rings (SSSR count). The topological polar surface area (TPSA) is 139 Å². The van der Waals surface area contributed by atoms with Gasteiger partial charge in [0.25, 0.3) is 0 Å². The van der Waals surface area contributed by atoms with Gasteiger partial charge in [-0.15, -0.1) is 11.8 Å². The summed E-state index contributed by atoms with van der Waals surface area (Å²) < 4.78 is -0.714. The molecule has 3 aliphatic heterocycles. The van der Waals surface area contributed by atoms with Gasteiger partial charge in [0.1, 0.15) is 23.5 Å². The maximum absolute atomic E-state index is 13.3. The number of fused-ring (bicyclic) bond motifs is 1. The van der Waals surface area contributed by atoms with Crippen molar-refractivity contribution in [1.29, 1.82) is 0 Å². The zero-order chi connectivity index (χ0) is 24.8. The van der Waals surface area contributed by atoms with Gasteiger partial charge in [0, 0.05) is 17.8 Å². The zero-order valence-electron chi connectivity index (χ0n) is 19.1. The van der Waals surface area contributed by atoms with E-state index < -0.39 is 57.8 Å². The van der Waals surface area contributed by atoms with Crippen LogP contribution < -0.4 is 10.7 Å². The fourth-order valence-corrected chi connectivity index (χ4v) is 6.19. The van der Waals surface area contributed by atoms with Crippen molar-refractivity contribution in [2.75, 3.05) is 19.6 Å². The number of β-lactam (4-membered cyclic amide) rings is 1. The van der Waals surface area contributed by atoms with E-state index >= 15 is 0 Å². The second kappa shape index (κ2) is 8.91. The Hall–Kier alpha value is -3.12. The number of carboxylic acids is 1. The molecule has 3 heterocycles. The third-order valence-electron chi connectivity index (χ3n) is 6.34. The lowest BCUT2D eigenvalue weighted by atomic mass is 9.95. The highest BCUT2D eigenvalue weighted by Crippen LogP contribution is 2.50. The van der Waals surface area contributed by atoms with Crippen molar-refractivity contribution in [1.82, 2.24) is 25.6 Å². The summed E-state index contributed by atoms with van der Waals surface area (Å²) in [5.74, 6) is -3.51. The number of aliphatic carboxylic acids is 1. The number of carboxylic acid groups (broad SMARTS) is 1. The Morgan fingerprint density at radius 2 is 1.82 bits per heavy atom. The molecule has 0 unspecified atom stereocenters. The quantitative estimate of drug-likeness (QED) is 0.346. The Balaban J connectivity index is 1.52. The van der Waals surface area contributed by atoms with Crippen LogP contribution in [0.4, 0.5) is 0 Å². The summed E-state index contributed by atoms with van der Waals surface area (Å²) in [6, 6.07) is 5.76.